The maximum atomic E-state index is 5.59. The van der Waals surface area contributed by atoms with Crippen LogP contribution in [0, 0.1) is 0 Å². The van der Waals surface area contributed by atoms with E-state index in [0.717, 1.165) is 34.4 Å². The Morgan fingerprint density at radius 2 is 2.11 bits per heavy atom. The second-order valence-corrected chi connectivity index (χ2v) is 6.30. The van der Waals surface area contributed by atoms with Gasteiger partial charge in [-0.15, -0.1) is 0 Å². The largest absolute Gasteiger partial charge is 0.492 e. The van der Waals surface area contributed by atoms with E-state index in [4.69, 9.17) is 9.47 Å². The fraction of sp³-hybridized carbons (Fsp3) is 0.571. The Morgan fingerprint density at radius 1 is 1.37 bits per heavy atom. The van der Waals surface area contributed by atoms with E-state index in [0.29, 0.717) is 12.7 Å². The zero-order valence-electron chi connectivity index (χ0n) is 11.0. The molecule has 3 nitrogen and oxygen atoms in total. The third kappa shape index (κ3) is 4.45. The van der Waals surface area contributed by atoms with Gasteiger partial charge in [0.05, 0.1) is 21.7 Å². The SMILES string of the molecule is CCOc1c(Br)cc(CNC[C@H]2CCCO2)cc1Br. The molecular formula is C14H19Br2NO2. The van der Waals surface area contributed by atoms with Crippen LogP contribution in [0.3, 0.4) is 0 Å². The molecule has 2 rings (SSSR count). The first kappa shape index (κ1) is 15.3. The Labute approximate surface area is 131 Å². The van der Waals surface area contributed by atoms with Gasteiger partial charge in [0.2, 0.25) is 0 Å². The Hall–Kier alpha value is -0.100. The van der Waals surface area contributed by atoms with Crippen LogP contribution in [0.25, 0.3) is 0 Å². The van der Waals surface area contributed by atoms with Crippen LogP contribution in [-0.4, -0.2) is 25.9 Å². The van der Waals surface area contributed by atoms with Gasteiger partial charge in [0.25, 0.3) is 0 Å². The van der Waals surface area contributed by atoms with E-state index in [2.05, 4.69) is 49.3 Å². The summed E-state index contributed by atoms with van der Waals surface area (Å²) in [5, 5.41) is 3.44. The summed E-state index contributed by atoms with van der Waals surface area (Å²) in [6.45, 7) is 5.31. The molecule has 0 unspecified atom stereocenters. The zero-order chi connectivity index (χ0) is 13.7. The van der Waals surface area contributed by atoms with Crippen molar-refractivity contribution in [3.05, 3.63) is 26.6 Å². The highest BCUT2D eigenvalue weighted by atomic mass is 79.9. The highest BCUT2D eigenvalue weighted by Gasteiger charge is 2.15. The summed E-state index contributed by atoms with van der Waals surface area (Å²) in [4.78, 5) is 0. The molecule has 0 spiro atoms. The molecule has 1 aromatic rings. The van der Waals surface area contributed by atoms with Gasteiger partial charge >= 0.3 is 0 Å². The molecule has 1 heterocycles. The number of hydrogen-bond donors (Lipinski definition) is 1. The number of nitrogens with one attached hydrogen (secondary N) is 1. The Morgan fingerprint density at radius 3 is 2.68 bits per heavy atom. The smallest absolute Gasteiger partial charge is 0.147 e. The summed E-state index contributed by atoms with van der Waals surface area (Å²) in [5.41, 5.74) is 1.22. The zero-order valence-corrected chi connectivity index (χ0v) is 14.2. The standard InChI is InChI=1S/C14H19Br2NO2/c1-2-18-14-12(15)6-10(7-13(14)16)8-17-9-11-4-3-5-19-11/h6-7,11,17H,2-5,8-9H2,1H3/t11-/m1/s1. The first-order chi connectivity index (χ1) is 9.20. The van der Waals surface area contributed by atoms with Crippen LogP contribution in [0.4, 0.5) is 0 Å². The van der Waals surface area contributed by atoms with Gasteiger partial charge in [0, 0.05) is 19.7 Å². The monoisotopic (exact) mass is 391 g/mol. The van der Waals surface area contributed by atoms with E-state index in [-0.39, 0.29) is 0 Å². The Kier molecular flexibility index (Phi) is 6.13. The lowest BCUT2D eigenvalue weighted by molar-refractivity contribution is 0.110. The second-order valence-electron chi connectivity index (χ2n) is 4.59. The summed E-state index contributed by atoms with van der Waals surface area (Å²) < 4.78 is 13.1. The molecule has 0 aromatic heterocycles. The summed E-state index contributed by atoms with van der Waals surface area (Å²) in [7, 11) is 0. The molecule has 1 aliphatic rings. The third-order valence-electron chi connectivity index (χ3n) is 3.07. The van der Waals surface area contributed by atoms with E-state index in [1.807, 2.05) is 6.92 Å². The van der Waals surface area contributed by atoms with Crippen molar-refractivity contribution in [2.24, 2.45) is 0 Å². The maximum absolute atomic E-state index is 5.59. The van der Waals surface area contributed by atoms with Crippen molar-refractivity contribution < 1.29 is 9.47 Å². The van der Waals surface area contributed by atoms with Gasteiger partial charge in [-0.1, -0.05) is 0 Å². The van der Waals surface area contributed by atoms with Crippen LogP contribution in [0.15, 0.2) is 21.1 Å². The van der Waals surface area contributed by atoms with Gasteiger partial charge in [0.15, 0.2) is 0 Å². The number of rotatable bonds is 6. The lowest BCUT2D eigenvalue weighted by Gasteiger charge is -2.13. The first-order valence-electron chi connectivity index (χ1n) is 6.63. The highest BCUT2D eigenvalue weighted by molar-refractivity contribution is 9.11. The molecule has 1 N–H and O–H groups in total. The van der Waals surface area contributed by atoms with Crippen molar-refractivity contribution in [3.63, 3.8) is 0 Å². The summed E-state index contributed by atoms with van der Waals surface area (Å²) in [6.07, 6.45) is 2.74. The number of benzene rings is 1. The first-order valence-corrected chi connectivity index (χ1v) is 8.22. The van der Waals surface area contributed by atoms with Crippen LogP contribution in [0.2, 0.25) is 0 Å². The van der Waals surface area contributed by atoms with Crippen molar-refractivity contribution in [3.8, 4) is 5.75 Å². The average molecular weight is 393 g/mol. The van der Waals surface area contributed by atoms with Crippen LogP contribution in [0.5, 0.6) is 5.75 Å². The molecule has 19 heavy (non-hydrogen) atoms. The van der Waals surface area contributed by atoms with Gasteiger partial charge in [-0.2, -0.15) is 0 Å². The summed E-state index contributed by atoms with van der Waals surface area (Å²) >= 11 is 7.10. The fourth-order valence-corrected chi connectivity index (χ4v) is 3.69. The predicted molar refractivity (Wildman–Crippen MR) is 83.7 cm³/mol. The van der Waals surface area contributed by atoms with Gasteiger partial charge in [0.1, 0.15) is 5.75 Å². The van der Waals surface area contributed by atoms with E-state index in [9.17, 15) is 0 Å². The van der Waals surface area contributed by atoms with Crippen LogP contribution in [0.1, 0.15) is 25.3 Å². The Balaban J connectivity index is 1.89. The predicted octanol–water partition coefficient (Wildman–Crippen LogP) is 3.88. The summed E-state index contributed by atoms with van der Waals surface area (Å²) in [5.74, 6) is 0.866. The molecule has 0 amide bonds. The molecule has 0 saturated carbocycles. The number of hydrogen-bond acceptors (Lipinski definition) is 3. The lowest BCUT2D eigenvalue weighted by atomic mass is 10.2. The molecule has 1 aliphatic heterocycles. The molecule has 0 aliphatic carbocycles. The Bertz CT molecular complexity index is 397. The lowest BCUT2D eigenvalue weighted by Crippen LogP contribution is -2.25. The van der Waals surface area contributed by atoms with Crippen molar-refractivity contribution >= 4 is 31.9 Å². The van der Waals surface area contributed by atoms with Crippen LogP contribution in [-0.2, 0) is 11.3 Å². The quantitative estimate of drug-likeness (QED) is 0.796. The van der Waals surface area contributed by atoms with E-state index in [1.165, 1.54) is 18.4 Å². The highest BCUT2D eigenvalue weighted by Crippen LogP contribution is 2.34. The average Bonchev–Trinajstić information content (AvgIpc) is 2.87. The molecule has 106 valence electrons. The van der Waals surface area contributed by atoms with E-state index < -0.39 is 0 Å². The van der Waals surface area contributed by atoms with Gasteiger partial charge in [-0.05, 0) is 69.3 Å². The summed E-state index contributed by atoms with van der Waals surface area (Å²) in [6, 6.07) is 4.19. The molecule has 0 radical (unpaired) electrons. The molecule has 1 saturated heterocycles. The normalized spacial score (nSPS) is 18.8. The van der Waals surface area contributed by atoms with Gasteiger partial charge < -0.3 is 14.8 Å². The molecule has 1 aromatic carbocycles. The van der Waals surface area contributed by atoms with Crippen molar-refractivity contribution in [2.45, 2.75) is 32.4 Å². The topological polar surface area (TPSA) is 30.5 Å². The molecule has 5 heteroatoms. The van der Waals surface area contributed by atoms with Crippen molar-refractivity contribution in [1.29, 1.82) is 0 Å². The minimum atomic E-state index is 0.384. The van der Waals surface area contributed by atoms with Crippen molar-refractivity contribution in [2.75, 3.05) is 19.8 Å². The van der Waals surface area contributed by atoms with E-state index in [1.54, 1.807) is 0 Å². The number of halogens is 2. The third-order valence-corrected chi connectivity index (χ3v) is 4.25. The number of ether oxygens (including phenoxy) is 2. The van der Waals surface area contributed by atoms with Gasteiger partial charge in [-0.3, -0.25) is 0 Å². The van der Waals surface area contributed by atoms with Crippen LogP contribution >= 0.6 is 31.9 Å². The van der Waals surface area contributed by atoms with E-state index >= 15 is 0 Å². The fourth-order valence-electron chi connectivity index (χ4n) is 2.18. The molecule has 1 atom stereocenters. The van der Waals surface area contributed by atoms with Gasteiger partial charge in [-0.25, -0.2) is 0 Å². The van der Waals surface area contributed by atoms with Crippen molar-refractivity contribution in [1.82, 2.24) is 5.32 Å². The van der Waals surface area contributed by atoms with Crippen LogP contribution < -0.4 is 10.1 Å². The molecule has 1 fully saturated rings. The minimum absolute atomic E-state index is 0.384. The maximum Gasteiger partial charge on any atom is 0.147 e. The molecular weight excluding hydrogens is 374 g/mol. The molecule has 0 bridgehead atoms. The second kappa shape index (κ2) is 7.62. The minimum Gasteiger partial charge on any atom is -0.492 e.